The van der Waals surface area contributed by atoms with Gasteiger partial charge in [-0.05, 0) is 42.9 Å². The highest BCUT2D eigenvalue weighted by Crippen LogP contribution is 2.29. The van der Waals surface area contributed by atoms with E-state index in [1.54, 1.807) is 0 Å². The fourth-order valence-corrected chi connectivity index (χ4v) is 2.50. The van der Waals surface area contributed by atoms with E-state index in [1.807, 2.05) is 0 Å². The van der Waals surface area contributed by atoms with E-state index >= 15 is 0 Å². The first-order valence-electron chi connectivity index (χ1n) is 6.13. The SMILES string of the molecule is CCc1cccc(C2NCCCC2C)c1. The van der Waals surface area contributed by atoms with Gasteiger partial charge in [-0.1, -0.05) is 38.1 Å². The van der Waals surface area contributed by atoms with Gasteiger partial charge in [0.25, 0.3) is 0 Å². The van der Waals surface area contributed by atoms with Crippen LogP contribution < -0.4 is 5.32 Å². The molecule has 1 N–H and O–H groups in total. The summed E-state index contributed by atoms with van der Waals surface area (Å²) in [7, 11) is 0. The molecule has 0 radical (unpaired) electrons. The van der Waals surface area contributed by atoms with E-state index in [0.29, 0.717) is 6.04 Å². The molecule has 82 valence electrons. The van der Waals surface area contributed by atoms with Crippen molar-refractivity contribution < 1.29 is 0 Å². The van der Waals surface area contributed by atoms with Crippen molar-refractivity contribution in [2.24, 2.45) is 5.92 Å². The Bertz CT molecular complexity index is 319. The van der Waals surface area contributed by atoms with Crippen LogP contribution in [0.25, 0.3) is 0 Å². The van der Waals surface area contributed by atoms with Gasteiger partial charge in [-0.25, -0.2) is 0 Å². The van der Waals surface area contributed by atoms with Gasteiger partial charge < -0.3 is 5.32 Å². The van der Waals surface area contributed by atoms with Crippen molar-refractivity contribution in [3.05, 3.63) is 35.4 Å². The first-order chi connectivity index (χ1) is 7.31. The molecular formula is C14H21N. The van der Waals surface area contributed by atoms with Gasteiger partial charge in [0.15, 0.2) is 0 Å². The third kappa shape index (κ3) is 2.40. The van der Waals surface area contributed by atoms with Crippen LogP contribution in [0.5, 0.6) is 0 Å². The predicted molar refractivity (Wildman–Crippen MR) is 65.0 cm³/mol. The predicted octanol–water partition coefficient (Wildman–Crippen LogP) is 3.31. The van der Waals surface area contributed by atoms with Crippen molar-refractivity contribution in [2.75, 3.05) is 6.54 Å². The lowest BCUT2D eigenvalue weighted by Gasteiger charge is -2.30. The third-order valence-corrected chi connectivity index (χ3v) is 3.49. The molecule has 0 spiro atoms. The van der Waals surface area contributed by atoms with Crippen molar-refractivity contribution in [2.45, 2.75) is 39.2 Å². The van der Waals surface area contributed by atoms with Crippen LogP contribution >= 0.6 is 0 Å². The third-order valence-electron chi connectivity index (χ3n) is 3.49. The maximum absolute atomic E-state index is 3.64. The summed E-state index contributed by atoms with van der Waals surface area (Å²) in [6.45, 7) is 5.75. The van der Waals surface area contributed by atoms with Gasteiger partial charge in [0.2, 0.25) is 0 Å². The van der Waals surface area contributed by atoms with E-state index < -0.39 is 0 Å². The summed E-state index contributed by atoms with van der Waals surface area (Å²) in [6, 6.07) is 9.61. The minimum atomic E-state index is 0.574. The number of benzene rings is 1. The van der Waals surface area contributed by atoms with Crippen molar-refractivity contribution in [3.8, 4) is 0 Å². The number of hydrogen-bond acceptors (Lipinski definition) is 1. The molecule has 1 heterocycles. The molecule has 1 aromatic carbocycles. The average molecular weight is 203 g/mol. The molecule has 1 heteroatoms. The van der Waals surface area contributed by atoms with Crippen molar-refractivity contribution in [1.29, 1.82) is 0 Å². The standard InChI is InChI=1S/C14H21N/c1-3-12-7-4-8-13(10-12)14-11(2)6-5-9-15-14/h4,7-8,10-11,14-15H,3,5-6,9H2,1-2H3. The molecule has 2 unspecified atom stereocenters. The molecule has 0 aliphatic carbocycles. The van der Waals surface area contributed by atoms with Gasteiger partial charge in [0.05, 0.1) is 0 Å². The fourth-order valence-electron chi connectivity index (χ4n) is 2.50. The number of hydrogen-bond donors (Lipinski definition) is 1. The largest absolute Gasteiger partial charge is 0.310 e. The Morgan fingerprint density at radius 2 is 2.27 bits per heavy atom. The van der Waals surface area contributed by atoms with Crippen LogP contribution in [0, 0.1) is 5.92 Å². The summed E-state index contributed by atoms with van der Waals surface area (Å²) < 4.78 is 0. The molecule has 0 bridgehead atoms. The zero-order valence-corrected chi connectivity index (χ0v) is 9.79. The molecule has 0 aromatic heterocycles. The monoisotopic (exact) mass is 203 g/mol. The Morgan fingerprint density at radius 1 is 1.40 bits per heavy atom. The second kappa shape index (κ2) is 4.80. The minimum absolute atomic E-state index is 0.574. The van der Waals surface area contributed by atoms with Crippen LogP contribution in [0.2, 0.25) is 0 Å². The lowest BCUT2D eigenvalue weighted by molar-refractivity contribution is 0.306. The van der Waals surface area contributed by atoms with Crippen molar-refractivity contribution in [1.82, 2.24) is 5.32 Å². The van der Waals surface area contributed by atoms with Gasteiger partial charge in [0.1, 0.15) is 0 Å². The van der Waals surface area contributed by atoms with E-state index in [-0.39, 0.29) is 0 Å². The zero-order chi connectivity index (χ0) is 10.7. The smallest absolute Gasteiger partial charge is 0.0346 e. The highest BCUT2D eigenvalue weighted by molar-refractivity contribution is 5.26. The lowest BCUT2D eigenvalue weighted by Crippen LogP contribution is -2.32. The van der Waals surface area contributed by atoms with Gasteiger partial charge in [-0.2, -0.15) is 0 Å². The second-order valence-corrected chi connectivity index (χ2v) is 4.65. The zero-order valence-electron chi connectivity index (χ0n) is 9.79. The molecular weight excluding hydrogens is 182 g/mol. The van der Waals surface area contributed by atoms with E-state index in [4.69, 9.17) is 0 Å². The summed E-state index contributed by atoms with van der Waals surface area (Å²) >= 11 is 0. The maximum Gasteiger partial charge on any atom is 0.0346 e. The van der Waals surface area contributed by atoms with Crippen molar-refractivity contribution >= 4 is 0 Å². The minimum Gasteiger partial charge on any atom is -0.310 e. The molecule has 1 aliphatic heterocycles. The van der Waals surface area contributed by atoms with Crippen LogP contribution in [0.15, 0.2) is 24.3 Å². The topological polar surface area (TPSA) is 12.0 Å². The van der Waals surface area contributed by atoms with Gasteiger partial charge in [-0.3, -0.25) is 0 Å². The Morgan fingerprint density at radius 3 is 3.00 bits per heavy atom. The van der Waals surface area contributed by atoms with Gasteiger partial charge >= 0.3 is 0 Å². The molecule has 0 amide bonds. The first-order valence-corrected chi connectivity index (χ1v) is 6.13. The Hall–Kier alpha value is -0.820. The summed E-state index contributed by atoms with van der Waals surface area (Å²) in [5.41, 5.74) is 2.92. The highest BCUT2D eigenvalue weighted by atomic mass is 14.9. The summed E-state index contributed by atoms with van der Waals surface area (Å²) in [6.07, 6.45) is 3.81. The van der Waals surface area contributed by atoms with Crippen LogP contribution in [-0.4, -0.2) is 6.54 Å². The van der Waals surface area contributed by atoms with E-state index in [2.05, 4.69) is 43.4 Å². The maximum atomic E-state index is 3.64. The van der Waals surface area contributed by atoms with Crippen LogP contribution in [0.3, 0.4) is 0 Å². The number of nitrogens with one attached hydrogen (secondary N) is 1. The Labute approximate surface area is 92.9 Å². The number of aryl methyl sites for hydroxylation is 1. The molecule has 2 rings (SSSR count). The first kappa shape index (κ1) is 10.7. The van der Waals surface area contributed by atoms with E-state index in [9.17, 15) is 0 Å². The quantitative estimate of drug-likeness (QED) is 0.777. The van der Waals surface area contributed by atoms with Crippen LogP contribution in [-0.2, 0) is 6.42 Å². The fraction of sp³-hybridized carbons (Fsp3) is 0.571. The summed E-state index contributed by atoms with van der Waals surface area (Å²) in [5.74, 6) is 0.769. The molecule has 0 saturated carbocycles. The Kier molecular flexibility index (Phi) is 3.42. The van der Waals surface area contributed by atoms with Crippen LogP contribution in [0.4, 0.5) is 0 Å². The van der Waals surface area contributed by atoms with Gasteiger partial charge in [0, 0.05) is 6.04 Å². The molecule has 1 aliphatic rings. The molecule has 1 saturated heterocycles. The second-order valence-electron chi connectivity index (χ2n) is 4.65. The number of rotatable bonds is 2. The summed E-state index contributed by atoms with van der Waals surface area (Å²) in [4.78, 5) is 0. The molecule has 2 atom stereocenters. The van der Waals surface area contributed by atoms with E-state index in [0.717, 1.165) is 12.3 Å². The van der Waals surface area contributed by atoms with Crippen LogP contribution in [0.1, 0.15) is 43.9 Å². The number of piperidine rings is 1. The average Bonchev–Trinajstić information content (AvgIpc) is 2.30. The molecule has 1 aromatic rings. The Balaban J connectivity index is 2.19. The molecule has 15 heavy (non-hydrogen) atoms. The lowest BCUT2D eigenvalue weighted by atomic mass is 9.87. The molecule has 1 fully saturated rings. The highest BCUT2D eigenvalue weighted by Gasteiger charge is 2.21. The van der Waals surface area contributed by atoms with Crippen molar-refractivity contribution in [3.63, 3.8) is 0 Å². The molecule has 1 nitrogen and oxygen atoms in total. The van der Waals surface area contributed by atoms with Gasteiger partial charge in [-0.15, -0.1) is 0 Å². The van der Waals surface area contributed by atoms with E-state index in [1.165, 1.54) is 30.5 Å². The summed E-state index contributed by atoms with van der Waals surface area (Å²) in [5, 5.41) is 3.64. The normalized spacial score (nSPS) is 26.5.